The molecule has 2 aromatic carbocycles. The highest BCUT2D eigenvalue weighted by Crippen LogP contribution is 2.60. The molecular weight excluding hydrogens is 546 g/mol. The van der Waals surface area contributed by atoms with Gasteiger partial charge in [0.25, 0.3) is 0 Å². The maximum atomic E-state index is 13.9. The standard InChI is InChI=1S/C34H47N3O4S/c1-4-6-16-35-33(39)31(5-2)36(23-25-10-8-7-9-11-25)32(38)24-37(42(3,40)41)30-14-12-29(13-15-30)34-20-26-17-27(21-34)19-28(18-26)22-34/h7-15,26-28,31H,4-6,16-24H2,1-3H3,(H,35,39)/t26?,27?,28?,31-,34?/m0/s1. The Labute approximate surface area is 252 Å². The third-order valence-electron chi connectivity index (χ3n) is 9.90. The van der Waals surface area contributed by atoms with E-state index in [0.29, 0.717) is 18.7 Å². The minimum absolute atomic E-state index is 0.207. The average Bonchev–Trinajstić information content (AvgIpc) is 2.95. The van der Waals surface area contributed by atoms with Gasteiger partial charge in [0, 0.05) is 13.1 Å². The monoisotopic (exact) mass is 593 g/mol. The van der Waals surface area contributed by atoms with Gasteiger partial charge in [-0.15, -0.1) is 0 Å². The molecule has 1 atom stereocenters. The van der Waals surface area contributed by atoms with Crippen LogP contribution in [0.1, 0.15) is 82.8 Å². The van der Waals surface area contributed by atoms with E-state index in [1.165, 1.54) is 48.4 Å². The van der Waals surface area contributed by atoms with Crippen molar-refractivity contribution in [2.45, 2.75) is 89.6 Å². The second-order valence-corrected chi connectivity index (χ2v) is 15.0. The molecular formula is C34H47N3O4S. The zero-order valence-corrected chi connectivity index (χ0v) is 26.2. The van der Waals surface area contributed by atoms with E-state index in [4.69, 9.17) is 0 Å². The lowest BCUT2D eigenvalue weighted by molar-refractivity contribution is -0.140. The largest absolute Gasteiger partial charge is 0.354 e. The van der Waals surface area contributed by atoms with Crippen molar-refractivity contribution < 1.29 is 18.0 Å². The van der Waals surface area contributed by atoms with Gasteiger partial charge in [0.2, 0.25) is 21.8 Å². The Morgan fingerprint density at radius 1 is 0.929 bits per heavy atom. The molecule has 0 aliphatic heterocycles. The fraction of sp³-hybridized carbons (Fsp3) is 0.588. The summed E-state index contributed by atoms with van der Waals surface area (Å²) in [6.45, 7) is 4.35. The van der Waals surface area contributed by atoms with E-state index in [2.05, 4.69) is 24.4 Å². The number of nitrogens with one attached hydrogen (secondary N) is 1. The molecule has 0 saturated heterocycles. The summed E-state index contributed by atoms with van der Waals surface area (Å²) >= 11 is 0. The summed E-state index contributed by atoms with van der Waals surface area (Å²) < 4.78 is 27.4. The Bertz CT molecular complexity index is 1310. The van der Waals surface area contributed by atoms with Crippen LogP contribution in [0.3, 0.4) is 0 Å². The van der Waals surface area contributed by atoms with Crippen molar-refractivity contribution in [3.05, 3.63) is 65.7 Å². The molecule has 7 nitrogen and oxygen atoms in total. The number of carbonyl (C=O) groups is 2. The van der Waals surface area contributed by atoms with Crippen molar-refractivity contribution in [2.24, 2.45) is 17.8 Å². The smallest absolute Gasteiger partial charge is 0.244 e. The molecule has 6 rings (SSSR count). The summed E-state index contributed by atoms with van der Waals surface area (Å²) in [7, 11) is -3.76. The highest BCUT2D eigenvalue weighted by Gasteiger charge is 2.51. The van der Waals surface area contributed by atoms with E-state index < -0.39 is 22.0 Å². The molecule has 0 heterocycles. The first-order chi connectivity index (χ1) is 20.1. The summed E-state index contributed by atoms with van der Waals surface area (Å²) in [4.78, 5) is 28.7. The molecule has 4 aliphatic rings. The number of hydrogen-bond donors (Lipinski definition) is 1. The average molecular weight is 594 g/mol. The summed E-state index contributed by atoms with van der Waals surface area (Å²) in [6, 6.07) is 16.8. The third-order valence-corrected chi connectivity index (χ3v) is 11.0. The van der Waals surface area contributed by atoms with Crippen LogP contribution < -0.4 is 9.62 Å². The minimum Gasteiger partial charge on any atom is -0.354 e. The molecule has 42 heavy (non-hydrogen) atoms. The van der Waals surface area contributed by atoms with Crippen molar-refractivity contribution in [1.82, 2.24) is 10.2 Å². The number of hydrogen-bond acceptors (Lipinski definition) is 4. The first kappa shape index (κ1) is 30.6. The van der Waals surface area contributed by atoms with Crippen LogP contribution in [0.2, 0.25) is 0 Å². The van der Waals surface area contributed by atoms with Gasteiger partial charge in [0.05, 0.1) is 11.9 Å². The molecule has 0 spiro atoms. The number of anilines is 1. The molecule has 0 unspecified atom stereocenters. The summed E-state index contributed by atoms with van der Waals surface area (Å²) in [5.74, 6) is 1.86. The van der Waals surface area contributed by atoms with Crippen molar-refractivity contribution in [3.63, 3.8) is 0 Å². The van der Waals surface area contributed by atoms with Gasteiger partial charge in [-0.25, -0.2) is 8.42 Å². The van der Waals surface area contributed by atoms with Crippen LogP contribution in [0, 0.1) is 17.8 Å². The van der Waals surface area contributed by atoms with Crippen molar-refractivity contribution in [3.8, 4) is 0 Å². The lowest BCUT2D eigenvalue weighted by Gasteiger charge is -2.57. The zero-order valence-electron chi connectivity index (χ0n) is 25.4. The van der Waals surface area contributed by atoms with Crippen LogP contribution >= 0.6 is 0 Å². The Morgan fingerprint density at radius 2 is 1.52 bits per heavy atom. The quantitative estimate of drug-likeness (QED) is 0.305. The molecule has 228 valence electrons. The fourth-order valence-electron chi connectivity index (χ4n) is 8.26. The molecule has 2 aromatic rings. The van der Waals surface area contributed by atoms with Crippen LogP contribution in [-0.2, 0) is 31.6 Å². The van der Waals surface area contributed by atoms with Crippen LogP contribution in [-0.4, -0.2) is 50.5 Å². The Hall–Kier alpha value is -2.87. The highest BCUT2D eigenvalue weighted by molar-refractivity contribution is 7.92. The number of carbonyl (C=O) groups excluding carboxylic acids is 2. The summed E-state index contributed by atoms with van der Waals surface area (Å²) in [6.07, 6.45) is 11.2. The van der Waals surface area contributed by atoms with Gasteiger partial charge in [-0.2, -0.15) is 0 Å². The predicted octanol–water partition coefficient (Wildman–Crippen LogP) is 5.64. The van der Waals surface area contributed by atoms with Gasteiger partial charge < -0.3 is 10.2 Å². The lowest BCUT2D eigenvalue weighted by Crippen LogP contribution is -2.52. The van der Waals surface area contributed by atoms with Gasteiger partial charge in [0.1, 0.15) is 12.6 Å². The van der Waals surface area contributed by atoms with Crippen LogP contribution in [0.15, 0.2) is 54.6 Å². The maximum Gasteiger partial charge on any atom is 0.244 e. The van der Waals surface area contributed by atoms with Crippen LogP contribution in [0.25, 0.3) is 0 Å². The van der Waals surface area contributed by atoms with Gasteiger partial charge in [0.15, 0.2) is 0 Å². The molecule has 4 fully saturated rings. The Morgan fingerprint density at radius 3 is 2.05 bits per heavy atom. The Kier molecular flexibility index (Phi) is 9.31. The second kappa shape index (κ2) is 12.8. The molecule has 1 N–H and O–H groups in total. The normalized spacial score (nSPS) is 25.2. The number of amides is 2. The predicted molar refractivity (Wildman–Crippen MR) is 167 cm³/mol. The molecule has 0 radical (unpaired) electrons. The number of sulfonamides is 1. The van der Waals surface area contributed by atoms with E-state index in [1.807, 2.05) is 49.4 Å². The second-order valence-electron chi connectivity index (χ2n) is 13.1. The van der Waals surface area contributed by atoms with Crippen LogP contribution in [0.4, 0.5) is 5.69 Å². The van der Waals surface area contributed by atoms with E-state index in [0.717, 1.165) is 42.4 Å². The lowest BCUT2D eigenvalue weighted by atomic mass is 9.48. The number of rotatable bonds is 13. The number of benzene rings is 2. The first-order valence-electron chi connectivity index (χ1n) is 15.8. The summed E-state index contributed by atoms with van der Waals surface area (Å²) in [5.41, 5.74) is 2.90. The molecule has 2 amide bonds. The van der Waals surface area contributed by atoms with Crippen LogP contribution in [0.5, 0.6) is 0 Å². The number of nitrogens with zero attached hydrogens (tertiary/aromatic N) is 2. The topological polar surface area (TPSA) is 86.8 Å². The molecule has 4 aliphatic carbocycles. The number of unbranched alkanes of at least 4 members (excludes halogenated alkanes) is 1. The van der Waals surface area contributed by atoms with E-state index in [9.17, 15) is 18.0 Å². The van der Waals surface area contributed by atoms with E-state index in [-0.39, 0.29) is 24.4 Å². The summed E-state index contributed by atoms with van der Waals surface area (Å²) in [5, 5.41) is 2.97. The SMILES string of the molecule is CCCCNC(=O)[C@H](CC)N(Cc1ccccc1)C(=O)CN(c1ccc(C23CC4CC(CC(C4)C2)C3)cc1)S(C)(=O)=O. The van der Waals surface area contributed by atoms with Gasteiger partial charge in [-0.3, -0.25) is 13.9 Å². The van der Waals surface area contributed by atoms with Gasteiger partial charge >= 0.3 is 0 Å². The molecule has 0 aromatic heterocycles. The van der Waals surface area contributed by atoms with E-state index in [1.54, 1.807) is 4.90 Å². The minimum atomic E-state index is -3.76. The molecule has 4 saturated carbocycles. The van der Waals surface area contributed by atoms with Gasteiger partial charge in [-0.1, -0.05) is 62.7 Å². The highest BCUT2D eigenvalue weighted by atomic mass is 32.2. The van der Waals surface area contributed by atoms with Crippen molar-refractivity contribution in [1.29, 1.82) is 0 Å². The van der Waals surface area contributed by atoms with Crippen molar-refractivity contribution in [2.75, 3.05) is 23.7 Å². The first-order valence-corrected chi connectivity index (χ1v) is 17.7. The zero-order chi connectivity index (χ0) is 29.9. The third kappa shape index (κ3) is 6.69. The maximum absolute atomic E-state index is 13.9. The van der Waals surface area contributed by atoms with E-state index >= 15 is 0 Å². The molecule has 8 heteroatoms. The Balaban J connectivity index is 1.38. The molecule has 4 bridgehead atoms. The van der Waals surface area contributed by atoms with Gasteiger partial charge in [-0.05, 0) is 97.8 Å². The fourth-order valence-corrected chi connectivity index (χ4v) is 9.11. The van der Waals surface area contributed by atoms with Crippen molar-refractivity contribution >= 4 is 27.5 Å².